The van der Waals surface area contributed by atoms with Crippen LogP contribution >= 0.6 is 38.9 Å². The zero-order valence-corrected chi connectivity index (χ0v) is 10.7. The quantitative estimate of drug-likeness (QED) is 0.598. The van der Waals surface area contributed by atoms with E-state index in [0.717, 1.165) is 10.1 Å². The minimum Gasteiger partial charge on any atom is -0.465 e. The van der Waals surface area contributed by atoms with Gasteiger partial charge in [0, 0.05) is 0 Å². The van der Waals surface area contributed by atoms with E-state index < -0.39 is 0 Å². The molecule has 0 unspecified atom stereocenters. The molecule has 0 aliphatic rings. The number of carbonyl (C=O) groups excluding carboxylic acids is 1. The Hall–Kier alpha value is -0.650. The normalized spacial score (nSPS) is 10.6. The van der Waals surface area contributed by atoms with Crippen molar-refractivity contribution in [3.05, 3.63) is 26.8 Å². The summed E-state index contributed by atoms with van der Waals surface area (Å²) in [6.07, 6.45) is 0. The van der Waals surface area contributed by atoms with Crippen molar-refractivity contribution in [3.63, 3.8) is 0 Å². The number of esters is 1. The van der Waals surface area contributed by atoms with Crippen LogP contribution < -0.4 is 0 Å². The van der Waals surface area contributed by atoms with Gasteiger partial charge in [0.2, 0.25) is 0 Å². The topological polar surface area (TPSA) is 39.2 Å². The summed E-state index contributed by atoms with van der Waals surface area (Å²) in [5, 5.41) is 1.27. The fourth-order valence-electron chi connectivity index (χ4n) is 1.18. The van der Waals surface area contributed by atoms with Crippen LogP contribution in [0.1, 0.15) is 9.67 Å². The van der Waals surface area contributed by atoms with Gasteiger partial charge in [-0.2, -0.15) is 0 Å². The predicted molar refractivity (Wildman–Crippen MR) is 63.7 cm³/mol. The number of carbonyl (C=O) groups is 1. The Kier molecular flexibility index (Phi) is 2.95. The SMILES string of the molecule is COC(=O)c1cc2cc(Br)nc(Cl)c2s1. The van der Waals surface area contributed by atoms with Gasteiger partial charge in [-0.25, -0.2) is 9.78 Å². The Morgan fingerprint density at radius 1 is 1.60 bits per heavy atom. The Bertz CT molecular complexity index is 540. The Labute approximate surface area is 103 Å². The minimum absolute atomic E-state index is 0.358. The van der Waals surface area contributed by atoms with Gasteiger partial charge in [0.15, 0.2) is 0 Å². The third-order valence-electron chi connectivity index (χ3n) is 1.81. The predicted octanol–water partition coefficient (Wildman–Crippen LogP) is 3.50. The molecule has 0 spiro atoms. The molecular formula is C9H5BrClNO2S. The van der Waals surface area contributed by atoms with E-state index in [1.165, 1.54) is 18.4 Å². The highest BCUT2D eigenvalue weighted by Crippen LogP contribution is 2.32. The first-order chi connectivity index (χ1) is 7.11. The number of rotatable bonds is 1. The van der Waals surface area contributed by atoms with Gasteiger partial charge in [0.25, 0.3) is 0 Å². The Balaban J connectivity index is 2.65. The minimum atomic E-state index is -0.358. The van der Waals surface area contributed by atoms with Gasteiger partial charge < -0.3 is 4.74 Å². The number of hydrogen-bond acceptors (Lipinski definition) is 4. The second kappa shape index (κ2) is 4.08. The van der Waals surface area contributed by atoms with Gasteiger partial charge in [-0.3, -0.25) is 0 Å². The monoisotopic (exact) mass is 305 g/mol. The van der Waals surface area contributed by atoms with Gasteiger partial charge in [0.1, 0.15) is 14.6 Å². The van der Waals surface area contributed by atoms with Crippen molar-refractivity contribution in [1.82, 2.24) is 4.98 Å². The molecule has 6 heteroatoms. The molecule has 0 bridgehead atoms. The summed E-state index contributed by atoms with van der Waals surface area (Å²) >= 11 is 10.5. The second-order valence-electron chi connectivity index (χ2n) is 2.76. The van der Waals surface area contributed by atoms with Gasteiger partial charge in [-0.05, 0) is 33.4 Å². The van der Waals surface area contributed by atoms with Crippen molar-refractivity contribution < 1.29 is 9.53 Å². The summed E-state index contributed by atoms with van der Waals surface area (Å²) in [7, 11) is 1.35. The lowest BCUT2D eigenvalue weighted by Crippen LogP contribution is -1.96. The van der Waals surface area contributed by atoms with E-state index in [1.54, 1.807) is 6.07 Å². The molecule has 2 aromatic heterocycles. The number of halogens is 2. The summed E-state index contributed by atoms with van der Waals surface area (Å²) < 4.78 is 6.07. The van der Waals surface area contributed by atoms with Gasteiger partial charge in [-0.1, -0.05) is 11.6 Å². The highest BCUT2D eigenvalue weighted by atomic mass is 79.9. The molecule has 0 radical (unpaired) electrons. The molecule has 0 fully saturated rings. The lowest BCUT2D eigenvalue weighted by atomic mass is 10.3. The largest absolute Gasteiger partial charge is 0.465 e. The summed E-state index contributed by atoms with van der Waals surface area (Å²) in [6, 6.07) is 3.55. The summed E-state index contributed by atoms with van der Waals surface area (Å²) in [4.78, 5) is 15.9. The van der Waals surface area contributed by atoms with Crippen LogP contribution in [0.5, 0.6) is 0 Å². The fourth-order valence-corrected chi connectivity index (χ4v) is 2.96. The molecule has 78 valence electrons. The molecule has 2 heterocycles. The molecule has 0 aromatic carbocycles. The molecule has 0 saturated carbocycles. The first-order valence-corrected chi connectivity index (χ1v) is 5.94. The van der Waals surface area contributed by atoms with Gasteiger partial charge in [0.05, 0.1) is 11.8 Å². The van der Waals surface area contributed by atoms with Gasteiger partial charge in [-0.15, -0.1) is 11.3 Å². The van der Waals surface area contributed by atoms with Crippen molar-refractivity contribution >= 4 is 54.9 Å². The number of pyridine rings is 1. The first-order valence-electron chi connectivity index (χ1n) is 3.95. The molecule has 0 amide bonds. The van der Waals surface area contributed by atoms with Crippen molar-refractivity contribution in [3.8, 4) is 0 Å². The molecule has 0 N–H and O–H groups in total. The van der Waals surface area contributed by atoms with Crippen LogP contribution in [0.3, 0.4) is 0 Å². The maximum absolute atomic E-state index is 11.3. The number of methoxy groups -OCH3 is 1. The average Bonchev–Trinajstić information content (AvgIpc) is 2.60. The van der Waals surface area contributed by atoms with E-state index in [2.05, 4.69) is 25.7 Å². The molecule has 0 saturated heterocycles. The molecular weight excluding hydrogens is 302 g/mol. The van der Waals surface area contributed by atoms with Crippen LogP contribution in [0.25, 0.3) is 10.1 Å². The van der Waals surface area contributed by atoms with E-state index in [1.807, 2.05) is 6.07 Å². The lowest BCUT2D eigenvalue weighted by molar-refractivity contribution is 0.0606. The van der Waals surface area contributed by atoms with E-state index in [4.69, 9.17) is 11.6 Å². The third kappa shape index (κ3) is 2.00. The van der Waals surface area contributed by atoms with Crippen LogP contribution in [0.4, 0.5) is 0 Å². The van der Waals surface area contributed by atoms with Crippen molar-refractivity contribution in [1.29, 1.82) is 0 Å². The van der Waals surface area contributed by atoms with E-state index in [0.29, 0.717) is 14.6 Å². The molecule has 0 aliphatic carbocycles. The van der Waals surface area contributed by atoms with Crippen molar-refractivity contribution in [2.45, 2.75) is 0 Å². The van der Waals surface area contributed by atoms with Crippen molar-refractivity contribution in [2.24, 2.45) is 0 Å². The number of thiophene rings is 1. The van der Waals surface area contributed by atoms with Crippen LogP contribution in [-0.2, 0) is 4.74 Å². The summed E-state index contributed by atoms with van der Waals surface area (Å²) in [5.41, 5.74) is 0. The standard InChI is InChI=1S/C9H5BrClNO2S/c1-14-9(13)5-2-4-3-6(10)12-8(11)7(4)15-5/h2-3H,1H3. The van der Waals surface area contributed by atoms with Crippen LogP contribution in [0.2, 0.25) is 5.15 Å². The number of hydrogen-bond donors (Lipinski definition) is 0. The van der Waals surface area contributed by atoms with Crippen LogP contribution in [-0.4, -0.2) is 18.1 Å². The number of aromatic nitrogens is 1. The maximum atomic E-state index is 11.3. The Morgan fingerprint density at radius 3 is 3.00 bits per heavy atom. The average molecular weight is 307 g/mol. The van der Waals surface area contributed by atoms with E-state index >= 15 is 0 Å². The molecule has 3 nitrogen and oxygen atoms in total. The molecule has 2 aromatic rings. The molecule has 0 aliphatic heterocycles. The highest BCUT2D eigenvalue weighted by Gasteiger charge is 2.13. The number of ether oxygens (including phenoxy) is 1. The first kappa shape index (κ1) is 10.9. The number of fused-ring (bicyclic) bond motifs is 1. The zero-order valence-electron chi connectivity index (χ0n) is 7.58. The van der Waals surface area contributed by atoms with E-state index in [-0.39, 0.29) is 5.97 Å². The maximum Gasteiger partial charge on any atom is 0.348 e. The van der Waals surface area contributed by atoms with Gasteiger partial charge >= 0.3 is 5.97 Å². The van der Waals surface area contributed by atoms with Crippen LogP contribution in [0, 0.1) is 0 Å². The fraction of sp³-hybridized carbons (Fsp3) is 0.111. The molecule has 2 rings (SSSR count). The van der Waals surface area contributed by atoms with E-state index in [9.17, 15) is 4.79 Å². The Morgan fingerprint density at radius 2 is 2.33 bits per heavy atom. The second-order valence-corrected chi connectivity index (χ2v) is 4.98. The van der Waals surface area contributed by atoms with Crippen LogP contribution in [0.15, 0.2) is 16.7 Å². The van der Waals surface area contributed by atoms with Crippen molar-refractivity contribution in [2.75, 3.05) is 7.11 Å². The third-order valence-corrected chi connectivity index (χ3v) is 3.74. The number of nitrogens with zero attached hydrogens (tertiary/aromatic N) is 1. The lowest BCUT2D eigenvalue weighted by Gasteiger charge is -1.93. The summed E-state index contributed by atoms with van der Waals surface area (Å²) in [6.45, 7) is 0. The zero-order chi connectivity index (χ0) is 11.0. The molecule has 15 heavy (non-hydrogen) atoms. The smallest absolute Gasteiger partial charge is 0.348 e. The summed E-state index contributed by atoms with van der Waals surface area (Å²) in [5.74, 6) is -0.358. The molecule has 0 atom stereocenters. The highest BCUT2D eigenvalue weighted by molar-refractivity contribution is 9.10.